The molecule has 0 spiro atoms. The highest BCUT2D eigenvalue weighted by atomic mass is 32.1. The van der Waals surface area contributed by atoms with Crippen LogP contribution in [0.1, 0.15) is 61.8 Å². The Balaban J connectivity index is 1.09. The molecule has 14 aromatic rings. The molecule has 0 fully saturated rings. The molecule has 0 aliphatic heterocycles. The Labute approximate surface area is 452 Å². The summed E-state index contributed by atoms with van der Waals surface area (Å²) in [5.41, 5.74) is 17.1. The highest BCUT2D eigenvalue weighted by molar-refractivity contribution is 7.26. The van der Waals surface area contributed by atoms with Gasteiger partial charge in [0.05, 0.1) is 32.1 Å². The van der Waals surface area contributed by atoms with Gasteiger partial charge in [-0.1, -0.05) is 198 Å². The van der Waals surface area contributed by atoms with Crippen LogP contribution in [0, 0.1) is 13.8 Å². The summed E-state index contributed by atoms with van der Waals surface area (Å²) in [6, 6.07) is 82.1. The first-order valence-electron chi connectivity index (χ1n) is 26.7. The number of fused-ring (bicyclic) bond motifs is 6. The molecule has 0 bridgehead atoms. The van der Waals surface area contributed by atoms with E-state index in [1.807, 2.05) is 22.7 Å². The van der Waals surface area contributed by atoms with E-state index in [4.69, 9.17) is 0 Å². The lowest BCUT2D eigenvalue weighted by Gasteiger charge is -2.33. The van der Waals surface area contributed by atoms with Crippen LogP contribution in [0.4, 0.5) is 34.1 Å². The first-order chi connectivity index (χ1) is 37.2. The molecule has 4 heteroatoms. The summed E-state index contributed by atoms with van der Waals surface area (Å²) in [7, 11) is 0. The molecule has 366 valence electrons. The lowest BCUT2D eigenvalue weighted by atomic mass is 9.84. The Morgan fingerprint density at radius 3 is 1.05 bits per heavy atom. The second kappa shape index (κ2) is 18.2. The van der Waals surface area contributed by atoms with Crippen LogP contribution in [0.3, 0.4) is 0 Å². The van der Waals surface area contributed by atoms with E-state index in [0.29, 0.717) is 0 Å². The third kappa shape index (κ3) is 7.34. The van der Waals surface area contributed by atoms with Crippen molar-refractivity contribution in [3.05, 3.63) is 241 Å². The second-order valence-corrected chi connectivity index (χ2v) is 23.4. The van der Waals surface area contributed by atoms with Gasteiger partial charge in [0, 0.05) is 53.1 Å². The number of nitrogens with zero attached hydrogens (tertiary/aromatic N) is 2. The van der Waals surface area contributed by atoms with Gasteiger partial charge in [-0.3, -0.25) is 0 Å². The van der Waals surface area contributed by atoms with Gasteiger partial charge in [-0.05, 0) is 140 Å². The van der Waals surface area contributed by atoms with E-state index in [-0.39, 0.29) is 11.8 Å². The minimum atomic E-state index is 0.253. The van der Waals surface area contributed by atoms with Gasteiger partial charge < -0.3 is 9.80 Å². The molecule has 2 nitrogen and oxygen atoms in total. The maximum absolute atomic E-state index is 2.61. The Hall–Kier alpha value is -8.28. The third-order valence-electron chi connectivity index (χ3n) is 16.0. The van der Waals surface area contributed by atoms with Gasteiger partial charge in [-0.15, -0.1) is 22.7 Å². The highest BCUT2D eigenvalue weighted by Crippen LogP contribution is 2.55. The Bertz CT molecular complexity index is 4230. The number of thiophene rings is 2. The molecule has 14 rings (SSSR count). The number of benzene rings is 12. The zero-order valence-electron chi connectivity index (χ0n) is 43.7. The molecule has 0 aliphatic rings. The van der Waals surface area contributed by atoms with Crippen LogP contribution in [0.25, 0.3) is 94.9 Å². The van der Waals surface area contributed by atoms with Crippen molar-refractivity contribution in [3.63, 3.8) is 0 Å². The number of aryl methyl sites for hydroxylation is 2. The summed E-state index contributed by atoms with van der Waals surface area (Å²) >= 11 is 3.81. The maximum atomic E-state index is 2.61. The topological polar surface area (TPSA) is 6.48 Å². The molecule has 0 unspecified atom stereocenters. The van der Waals surface area contributed by atoms with E-state index in [2.05, 4.69) is 270 Å². The van der Waals surface area contributed by atoms with Crippen molar-refractivity contribution in [1.29, 1.82) is 0 Å². The largest absolute Gasteiger partial charge is 0.308 e. The zero-order valence-corrected chi connectivity index (χ0v) is 45.3. The number of anilines is 6. The predicted octanol–water partition coefficient (Wildman–Crippen LogP) is 22.5. The van der Waals surface area contributed by atoms with Crippen molar-refractivity contribution in [1.82, 2.24) is 0 Å². The minimum Gasteiger partial charge on any atom is -0.308 e. The van der Waals surface area contributed by atoms with Crippen LogP contribution >= 0.6 is 22.7 Å². The monoisotopic (exact) mass is 1010 g/mol. The second-order valence-electron chi connectivity index (χ2n) is 21.3. The lowest BCUT2D eigenvalue weighted by Crippen LogP contribution is -2.14. The molecule has 0 saturated heterocycles. The average Bonchev–Trinajstić information content (AvgIpc) is 4.13. The smallest absolute Gasteiger partial charge is 0.0669 e. The highest BCUT2D eigenvalue weighted by Gasteiger charge is 2.29. The van der Waals surface area contributed by atoms with Gasteiger partial charge in [0.15, 0.2) is 0 Å². The Kier molecular flexibility index (Phi) is 11.1. The van der Waals surface area contributed by atoms with E-state index in [1.165, 1.54) is 140 Å². The Morgan fingerprint density at radius 1 is 0.316 bits per heavy atom. The van der Waals surface area contributed by atoms with Gasteiger partial charge in [0.2, 0.25) is 0 Å². The molecule has 2 heterocycles. The fourth-order valence-electron chi connectivity index (χ4n) is 12.3. The number of hydrogen-bond acceptors (Lipinski definition) is 4. The number of hydrogen-bond donors (Lipinski definition) is 0. The molecule has 12 aromatic carbocycles. The van der Waals surface area contributed by atoms with Crippen LogP contribution in [0.2, 0.25) is 0 Å². The summed E-state index contributed by atoms with van der Waals surface area (Å²) in [5, 5.41) is 13.0. The molecule has 0 saturated carbocycles. The van der Waals surface area contributed by atoms with Crippen molar-refractivity contribution < 1.29 is 0 Å². The minimum absolute atomic E-state index is 0.253. The van der Waals surface area contributed by atoms with Gasteiger partial charge in [0.25, 0.3) is 0 Å². The van der Waals surface area contributed by atoms with Crippen molar-refractivity contribution in [3.8, 4) is 22.3 Å². The van der Waals surface area contributed by atoms with Crippen LogP contribution in [-0.2, 0) is 0 Å². The van der Waals surface area contributed by atoms with Gasteiger partial charge in [-0.25, -0.2) is 0 Å². The summed E-state index contributed by atoms with van der Waals surface area (Å²) < 4.78 is 5.21. The lowest BCUT2D eigenvalue weighted by molar-refractivity contribution is 0.875. The molecule has 0 amide bonds. The molecule has 0 atom stereocenters. The summed E-state index contributed by atoms with van der Waals surface area (Å²) in [6.45, 7) is 14.1. The summed E-state index contributed by atoms with van der Waals surface area (Å²) in [5.74, 6) is 0.507. The summed E-state index contributed by atoms with van der Waals surface area (Å²) in [6.07, 6.45) is 0. The zero-order chi connectivity index (χ0) is 51.3. The standard InChI is InChI=1S/C72H56N2S2/c1-43(2)61-41-63(73(51-31-27-49(28-32-51)47-17-9-7-10-18-47)69-45(5)25-35-57-53-21-13-15-23-65(53)75-71(57)69)59-40-38-56-62(44(3)4)42-64(60-39-37-55(61)67(59)68(56)60)74(52-33-29-50(30-34-52)48-19-11-8-12-20-48)70-46(6)26-36-58-54-22-14-16-24-66(54)76-72(58)70/h7-44H,1-6H3. The van der Waals surface area contributed by atoms with E-state index >= 15 is 0 Å². The van der Waals surface area contributed by atoms with Crippen molar-refractivity contribution >= 4 is 129 Å². The predicted molar refractivity (Wildman–Crippen MR) is 334 cm³/mol. The van der Waals surface area contributed by atoms with Crippen LogP contribution in [0.15, 0.2) is 218 Å². The van der Waals surface area contributed by atoms with Crippen molar-refractivity contribution in [2.45, 2.75) is 53.4 Å². The SMILES string of the molecule is Cc1ccc2c(sc3ccccc32)c1N(c1ccc(-c2ccccc2)cc1)c1cc(C(C)C)c2ccc3c(N(c4ccc(-c5ccccc5)cc4)c4c(C)ccc5c4sc4ccccc45)cc(C(C)C)c4ccc1c2c43. The van der Waals surface area contributed by atoms with Crippen molar-refractivity contribution in [2.75, 3.05) is 9.80 Å². The summed E-state index contributed by atoms with van der Waals surface area (Å²) in [4.78, 5) is 5.21. The first-order valence-corrected chi connectivity index (χ1v) is 28.3. The maximum Gasteiger partial charge on any atom is 0.0669 e. The molecule has 0 N–H and O–H groups in total. The fourth-order valence-corrected chi connectivity index (χ4v) is 14.9. The first kappa shape index (κ1) is 46.3. The van der Waals surface area contributed by atoms with Gasteiger partial charge in [0.1, 0.15) is 0 Å². The van der Waals surface area contributed by atoms with E-state index in [0.717, 1.165) is 11.4 Å². The van der Waals surface area contributed by atoms with Gasteiger partial charge >= 0.3 is 0 Å². The number of rotatable bonds is 10. The Morgan fingerprint density at radius 2 is 0.658 bits per heavy atom. The van der Waals surface area contributed by atoms with Crippen molar-refractivity contribution in [2.24, 2.45) is 0 Å². The molecular formula is C72H56N2S2. The third-order valence-corrected chi connectivity index (χ3v) is 18.4. The van der Waals surface area contributed by atoms with Crippen LogP contribution < -0.4 is 9.80 Å². The van der Waals surface area contributed by atoms with Crippen LogP contribution in [-0.4, -0.2) is 0 Å². The molecule has 76 heavy (non-hydrogen) atoms. The average molecular weight is 1010 g/mol. The quantitative estimate of drug-likeness (QED) is 0.126. The van der Waals surface area contributed by atoms with E-state index in [9.17, 15) is 0 Å². The van der Waals surface area contributed by atoms with E-state index < -0.39 is 0 Å². The molecule has 0 radical (unpaired) electrons. The molecular weight excluding hydrogens is 957 g/mol. The van der Waals surface area contributed by atoms with Crippen LogP contribution in [0.5, 0.6) is 0 Å². The normalized spacial score (nSPS) is 12.1. The van der Waals surface area contributed by atoms with E-state index in [1.54, 1.807) is 0 Å². The van der Waals surface area contributed by atoms with Gasteiger partial charge in [-0.2, -0.15) is 0 Å². The fraction of sp³-hybridized carbons (Fsp3) is 0.111. The molecule has 2 aromatic heterocycles. The molecule has 0 aliphatic carbocycles.